The molecule has 0 saturated heterocycles. The van der Waals surface area contributed by atoms with E-state index in [1.807, 2.05) is 18.5 Å². The molecule has 0 bridgehead atoms. The van der Waals surface area contributed by atoms with Gasteiger partial charge < -0.3 is 4.74 Å². The Labute approximate surface area is 400 Å². The molecule has 0 saturated carbocycles. The van der Waals surface area contributed by atoms with Crippen LogP contribution < -0.4 is 46.2 Å². The smallest absolute Gasteiger partial charge is 0.188 e. The summed E-state index contributed by atoms with van der Waals surface area (Å²) in [6.07, 6.45) is 5.90. The van der Waals surface area contributed by atoms with Gasteiger partial charge in [-0.15, -0.1) is 0 Å². The largest absolute Gasteiger partial charge is 0.457 e. The van der Waals surface area contributed by atoms with Gasteiger partial charge in [0.1, 0.15) is 23.0 Å². The van der Waals surface area contributed by atoms with Gasteiger partial charge in [0.05, 0.1) is 21.9 Å². The maximum absolute atomic E-state index is 7.35. The highest BCUT2D eigenvalue weighted by atomic mass is 28.3. The third kappa shape index (κ3) is 5.63. The van der Waals surface area contributed by atoms with Crippen LogP contribution in [0.4, 0.5) is 0 Å². The highest BCUT2D eigenvalue weighted by molar-refractivity contribution is 7.21. The molecule has 0 fully saturated rings. The van der Waals surface area contributed by atoms with Crippen molar-refractivity contribution in [2.75, 3.05) is 0 Å². The van der Waals surface area contributed by atoms with Gasteiger partial charge in [0.25, 0.3) is 0 Å². The van der Waals surface area contributed by atoms with E-state index >= 15 is 0 Å². The summed E-state index contributed by atoms with van der Waals surface area (Å²) in [4.78, 5) is 10.1. The van der Waals surface area contributed by atoms with Crippen LogP contribution >= 0.6 is 0 Å². The number of para-hydroxylation sites is 2. The molecule has 1 aliphatic rings. The van der Waals surface area contributed by atoms with Crippen LogP contribution in [0.5, 0.6) is 11.5 Å². The predicted octanol–water partition coefficient (Wildman–Crippen LogP) is 8.99. The van der Waals surface area contributed by atoms with Crippen LogP contribution in [0.3, 0.4) is 0 Å². The van der Waals surface area contributed by atoms with Crippen molar-refractivity contribution in [1.29, 1.82) is 0 Å². The summed E-state index contributed by atoms with van der Waals surface area (Å²) in [6, 6.07) is 87.4. The van der Waals surface area contributed by atoms with Crippen molar-refractivity contribution in [3.8, 4) is 17.3 Å². The third-order valence-corrected chi connectivity index (χ3v) is 24.3. The van der Waals surface area contributed by atoms with Gasteiger partial charge >= 0.3 is 0 Å². The standard InChI is InChI=1S/C62H42N4OSi2/c1-5-19-43(20-6-1)68(44-21-7-2-8-22-44,47-32-34-49-50-27-13-14-28-53(50)65-40-39-64-62(65)52(49)41-47)48-33-35-51-55(42-48)66(59-31-17-18-38-63-59)54-36-37-58-61(60(51)54)67-56-29-15-16-30-57(56)69(58,45-23-9-3-10-24-45)46-25-11-4-12-26-46/h1-42H. The molecule has 0 N–H and O–H groups in total. The first-order valence-electron chi connectivity index (χ1n) is 23.6. The lowest BCUT2D eigenvalue weighted by Gasteiger charge is -2.39. The van der Waals surface area contributed by atoms with Crippen LogP contribution in [0, 0.1) is 0 Å². The Bertz CT molecular complexity index is 4020. The lowest BCUT2D eigenvalue weighted by Crippen LogP contribution is -2.76. The Balaban J connectivity index is 1.11. The molecule has 0 atom stereocenters. The van der Waals surface area contributed by atoms with Crippen molar-refractivity contribution in [1.82, 2.24) is 18.9 Å². The van der Waals surface area contributed by atoms with Crippen LogP contribution in [-0.2, 0) is 0 Å². The molecule has 324 valence electrons. The van der Waals surface area contributed by atoms with Gasteiger partial charge in [-0.3, -0.25) is 8.97 Å². The first-order chi connectivity index (χ1) is 34.2. The summed E-state index contributed by atoms with van der Waals surface area (Å²) < 4.78 is 12.0. The molecule has 0 spiro atoms. The third-order valence-electron chi connectivity index (χ3n) is 14.7. The molecule has 5 nitrogen and oxygen atoms in total. The van der Waals surface area contributed by atoms with E-state index in [0.717, 1.165) is 55.7 Å². The highest BCUT2D eigenvalue weighted by Crippen LogP contribution is 2.41. The average Bonchev–Trinajstić information content (AvgIpc) is 4.06. The van der Waals surface area contributed by atoms with E-state index < -0.39 is 16.1 Å². The molecular weight excluding hydrogens is 873 g/mol. The van der Waals surface area contributed by atoms with E-state index in [-0.39, 0.29) is 0 Å². The number of ether oxygens (including phenoxy) is 1. The number of benzene rings is 9. The average molecular weight is 915 g/mol. The maximum atomic E-state index is 7.35. The van der Waals surface area contributed by atoms with Crippen molar-refractivity contribution in [2.24, 2.45) is 0 Å². The van der Waals surface area contributed by atoms with Crippen LogP contribution in [0.2, 0.25) is 0 Å². The minimum absolute atomic E-state index is 0.853. The van der Waals surface area contributed by atoms with Gasteiger partial charge in [0.15, 0.2) is 16.1 Å². The van der Waals surface area contributed by atoms with Crippen LogP contribution in [0.1, 0.15) is 0 Å². The van der Waals surface area contributed by atoms with Crippen LogP contribution in [0.25, 0.3) is 54.9 Å². The fourth-order valence-electron chi connectivity index (χ4n) is 11.9. The molecule has 14 rings (SSSR count). The van der Waals surface area contributed by atoms with E-state index in [0.29, 0.717) is 0 Å². The molecule has 7 heteroatoms. The summed E-state index contributed by atoms with van der Waals surface area (Å²) in [6.45, 7) is 0. The topological polar surface area (TPSA) is 44.4 Å². The van der Waals surface area contributed by atoms with Gasteiger partial charge in [0, 0.05) is 34.7 Å². The minimum Gasteiger partial charge on any atom is -0.457 e. The van der Waals surface area contributed by atoms with E-state index in [1.54, 1.807) is 0 Å². The van der Waals surface area contributed by atoms with Crippen molar-refractivity contribution >= 4 is 107 Å². The molecule has 0 radical (unpaired) electrons. The van der Waals surface area contributed by atoms with Gasteiger partial charge in [0.2, 0.25) is 0 Å². The van der Waals surface area contributed by atoms with Crippen LogP contribution in [-0.4, -0.2) is 35.1 Å². The second-order valence-electron chi connectivity index (χ2n) is 18.1. The van der Waals surface area contributed by atoms with Crippen molar-refractivity contribution < 1.29 is 4.74 Å². The minimum atomic E-state index is -3.12. The summed E-state index contributed by atoms with van der Waals surface area (Å²) in [5.74, 6) is 2.67. The first kappa shape index (κ1) is 39.5. The molecule has 1 aliphatic heterocycles. The number of aromatic nitrogens is 4. The summed E-state index contributed by atoms with van der Waals surface area (Å²) in [5, 5.41) is 16.0. The summed E-state index contributed by atoms with van der Waals surface area (Å²) in [5.41, 5.74) is 4.23. The van der Waals surface area contributed by atoms with Crippen molar-refractivity contribution in [3.63, 3.8) is 0 Å². The van der Waals surface area contributed by atoms with E-state index in [1.165, 1.54) is 52.3 Å². The van der Waals surface area contributed by atoms with Gasteiger partial charge in [-0.1, -0.05) is 200 Å². The number of hydrogen-bond acceptors (Lipinski definition) is 3. The van der Waals surface area contributed by atoms with Gasteiger partial charge in [-0.25, -0.2) is 9.97 Å². The second-order valence-corrected chi connectivity index (χ2v) is 25.6. The lowest BCUT2D eigenvalue weighted by molar-refractivity contribution is 0.493. The predicted molar refractivity (Wildman–Crippen MR) is 290 cm³/mol. The van der Waals surface area contributed by atoms with E-state index in [2.05, 4.69) is 246 Å². The number of nitrogens with zero attached hydrogens (tertiary/aromatic N) is 4. The van der Waals surface area contributed by atoms with Gasteiger partial charge in [-0.05, 0) is 83.3 Å². The lowest BCUT2D eigenvalue weighted by atomic mass is 10.1. The number of fused-ring (bicyclic) bond motifs is 12. The molecule has 9 aromatic carbocycles. The molecule has 13 aromatic rings. The number of imidazole rings is 1. The van der Waals surface area contributed by atoms with Crippen LogP contribution in [0.15, 0.2) is 255 Å². The monoisotopic (exact) mass is 914 g/mol. The highest BCUT2D eigenvalue weighted by Gasteiger charge is 2.49. The molecule has 4 aromatic heterocycles. The zero-order valence-electron chi connectivity index (χ0n) is 37.4. The van der Waals surface area contributed by atoms with E-state index in [4.69, 9.17) is 14.7 Å². The molecular formula is C62H42N4OSi2. The SMILES string of the molecule is c1ccc([Si](c2ccccc2)(c2ccc3c4ccccc4n4ccnc4c3c2)c2ccc3c4c5c(ccc4n(-c4ccccn4)c3c2)[Si](c2ccccc2)(c2ccccc2)c2ccccc2O5)cc1. The van der Waals surface area contributed by atoms with Crippen molar-refractivity contribution in [2.45, 2.75) is 0 Å². The van der Waals surface area contributed by atoms with E-state index in [9.17, 15) is 0 Å². The molecule has 69 heavy (non-hydrogen) atoms. The summed E-state index contributed by atoms with van der Waals surface area (Å²) in [7, 11) is -6.05. The fraction of sp³-hybridized carbons (Fsp3) is 0. The summed E-state index contributed by atoms with van der Waals surface area (Å²) >= 11 is 0. The Morgan fingerprint density at radius 3 is 1.74 bits per heavy atom. The molecule has 5 heterocycles. The maximum Gasteiger partial charge on any atom is 0.188 e. The van der Waals surface area contributed by atoms with Crippen molar-refractivity contribution in [3.05, 3.63) is 255 Å². The first-order valence-corrected chi connectivity index (χ1v) is 27.6. The number of rotatable bonds is 7. The number of pyridine rings is 2. The fourth-order valence-corrected chi connectivity index (χ4v) is 21.6. The Morgan fingerprint density at radius 1 is 0.406 bits per heavy atom. The zero-order chi connectivity index (χ0) is 45.5. The Morgan fingerprint density at radius 2 is 1.03 bits per heavy atom. The number of hydrogen-bond donors (Lipinski definition) is 0. The second kappa shape index (κ2) is 15.5. The molecule has 0 unspecified atom stereocenters. The Hall–Kier alpha value is -8.63. The molecule has 0 amide bonds. The Kier molecular flexibility index (Phi) is 8.86. The normalized spacial score (nSPS) is 13.2. The quantitative estimate of drug-likeness (QED) is 0.0912. The molecule has 0 aliphatic carbocycles. The van der Waals surface area contributed by atoms with Gasteiger partial charge in [-0.2, -0.15) is 0 Å². The zero-order valence-corrected chi connectivity index (χ0v) is 39.4.